The minimum absolute atomic E-state index is 0.0992. The van der Waals surface area contributed by atoms with Crippen molar-refractivity contribution in [2.45, 2.75) is 37.8 Å². The zero-order chi connectivity index (χ0) is 20.0. The predicted octanol–water partition coefficient (Wildman–Crippen LogP) is 3.84. The summed E-state index contributed by atoms with van der Waals surface area (Å²) in [6.07, 6.45) is 4.54. The smallest absolute Gasteiger partial charge is 0.234 e. The highest BCUT2D eigenvalue weighted by Crippen LogP contribution is 2.38. The molecular weight excluding hydrogens is 404 g/mol. The Balaban J connectivity index is 1.43. The molecule has 7 nitrogen and oxygen atoms in total. The van der Waals surface area contributed by atoms with Crippen LogP contribution in [0.2, 0.25) is 0 Å². The number of nitrogen functional groups attached to an aromatic ring is 1. The molecule has 0 spiro atoms. The number of carbonyl (C=O) groups excluding carboxylic acids is 1. The van der Waals surface area contributed by atoms with E-state index in [2.05, 4.69) is 20.5 Å². The van der Waals surface area contributed by atoms with Gasteiger partial charge in [0.25, 0.3) is 0 Å². The number of hydrogen-bond donors (Lipinski definition) is 2. The Labute approximate surface area is 175 Å². The summed E-state index contributed by atoms with van der Waals surface area (Å²) in [6, 6.07) is 7.73. The molecule has 3 heterocycles. The number of anilines is 2. The number of nitrogens with zero attached hydrogens (tertiary/aromatic N) is 4. The first kappa shape index (κ1) is 18.4. The largest absolute Gasteiger partial charge is 0.369 e. The SMILES string of the molecule is Cc1cccc(NC(=O)CSc2nnc3c4c5c(sc4nc(N)n23)CCCC5)c1. The van der Waals surface area contributed by atoms with E-state index < -0.39 is 0 Å². The van der Waals surface area contributed by atoms with Gasteiger partial charge in [-0.2, -0.15) is 0 Å². The average molecular weight is 425 g/mol. The fourth-order valence-corrected chi connectivity index (χ4v) is 5.80. The van der Waals surface area contributed by atoms with Gasteiger partial charge < -0.3 is 11.1 Å². The fourth-order valence-electron chi connectivity index (χ4n) is 3.80. The number of thioether (sulfide) groups is 1. The summed E-state index contributed by atoms with van der Waals surface area (Å²) >= 11 is 3.03. The van der Waals surface area contributed by atoms with E-state index in [9.17, 15) is 4.79 Å². The van der Waals surface area contributed by atoms with Crippen molar-refractivity contribution in [2.24, 2.45) is 0 Å². The molecule has 0 unspecified atom stereocenters. The minimum atomic E-state index is -0.0992. The number of rotatable bonds is 4. The number of aromatic nitrogens is 4. The Bertz CT molecular complexity index is 1240. The summed E-state index contributed by atoms with van der Waals surface area (Å²) in [5.41, 5.74) is 10.2. The zero-order valence-corrected chi connectivity index (χ0v) is 17.6. The van der Waals surface area contributed by atoms with Gasteiger partial charge >= 0.3 is 0 Å². The van der Waals surface area contributed by atoms with Crippen molar-refractivity contribution in [1.82, 2.24) is 19.6 Å². The average Bonchev–Trinajstić information content (AvgIpc) is 3.27. The van der Waals surface area contributed by atoms with Crippen LogP contribution in [0.1, 0.15) is 28.8 Å². The number of aryl methyl sites for hydroxylation is 3. The Morgan fingerprint density at radius 1 is 1.31 bits per heavy atom. The molecule has 0 aliphatic heterocycles. The van der Waals surface area contributed by atoms with Gasteiger partial charge in [-0.15, -0.1) is 21.5 Å². The predicted molar refractivity (Wildman–Crippen MR) is 118 cm³/mol. The summed E-state index contributed by atoms with van der Waals surface area (Å²) in [5, 5.41) is 13.3. The van der Waals surface area contributed by atoms with Crippen LogP contribution in [-0.4, -0.2) is 31.2 Å². The van der Waals surface area contributed by atoms with E-state index in [0.717, 1.165) is 40.0 Å². The van der Waals surface area contributed by atoms with E-state index in [1.807, 2.05) is 31.2 Å². The van der Waals surface area contributed by atoms with Gasteiger partial charge in [0.15, 0.2) is 10.8 Å². The number of nitrogens with two attached hydrogens (primary N) is 1. The molecule has 29 heavy (non-hydrogen) atoms. The Hall–Kier alpha value is -2.65. The van der Waals surface area contributed by atoms with Crippen LogP contribution in [0, 0.1) is 6.92 Å². The number of nitrogens with one attached hydrogen (secondary N) is 1. The van der Waals surface area contributed by atoms with Crippen molar-refractivity contribution < 1.29 is 4.79 Å². The van der Waals surface area contributed by atoms with Gasteiger partial charge in [0.1, 0.15) is 4.83 Å². The van der Waals surface area contributed by atoms with Crippen LogP contribution in [0.15, 0.2) is 29.4 Å². The van der Waals surface area contributed by atoms with E-state index in [1.165, 1.54) is 35.0 Å². The van der Waals surface area contributed by atoms with Gasteiger partial charge in [-0.05, 0) is 55.9 Å². The second-order valence-corrected chi connectivity index (χ2v) is 9.24. The second-order valence-electron chi connectivity index (χ2n) is 7.21. The van der Waals surface area contributed by atoms with Crippen LogP contribution in [-0.2, 0) is 17.6 Å². The maximum Gasteiger partial charge on any atom is 0.234 e. The molecule has 0 saturated heterocycles. The highest BCUT2D eigenvalue weighted by Gasteiger charge is 2.23. The number of hydrogen-bond acceptors (Lipinski definition) is 7. The van der Waals surface area contributed by atoms with Gasteiger partial charge in [0, 0.05) is 10.6 Å². The second kappa shape index (κ2) is 7.31. The quantitative estimate of drug-likeness (QED) is 0.483. The van der Waals surface area contributed by atoms with Crippen LogP contribution in [0.4, 0.5) is 11.6 Å². The van der Waals surface area contributed by atoms with Gasteiger partial charge in [-0.1, -0.05) is 23.9 Å². The lowest BCUT2D eigenvalue weighted by molar-refractivity contribution is -0.113. The molecule has 1 aliphatic carbocycles. The van der Waals surface area contributed by atoms with Crippen LogP contribution in [0.25, 0.3) is 15.9 Å². The summed E-state index contributed by atoms with van der Waals surface area (Å²) in [7, 11) is 0. The van der Waals surface area contributed by atoms with Crippen molar-refractivity contribution in [3.05, 3.63) is 40.3 Å². The highest BCUT2D eigenvalue weighted by atomic mass is 32.2. The monoisotopic (exact) mass is 424 g/mol. The van der Waals surface area contributed by atoms with Crippen molar-refractivity contribution in [3.8, 4) is 0 Å². The molecule has 0 bridgehead atoms. The zero-order valence-electron chi connectivity index (χ0n) is 15.9. The van der Waals surface area contributed by atoms with Gasteiger partial charge in [0.2, 0.25) is 11.9 Å². The molecule has 1 amide bonds. The van der Waals surface area contributed by atoms with Gasteiger partial charge in [-0.25, -0.2) is 9.38 Å². The third kappa shape index (κ3) is 3.34. The summed E-state index contributed by atoms with van der Waals surface area (Å²) in [5.74, 6) is 0.476. The third-order valence-corrected chi connectivity index (χ3v) is 7.20. The molecule has 0 radical (unpaired) electrons. The van der Waals surface area contributed by atoms with Crippen molar-refractivity contribution >= 4 is 56.5 Å². The molecule has 9 heteroatoms. The molecule has 3 aromatic heterocycles. The van der Waals surface area contributed by atoms with Gasteiger partial charge in [-0.3, -0.25) is 4.79 Å². The Kier molecular flexibility index (Phi) is 4.63. The molecular formula is C20H20N6OS2. The lowest BCUT2D eigenvalue weighted by Crippen LogP contribution is -2.14. The third-order valence-electron chi connectivity index (χ3n) is 5.09. The van der Waals surface area contributed by atoms with Crippen molar-refractivity contribution in [3.63, 3.8) is 0 Å². The summed E-state index contributed by atoms with van der Waals surface area (Å²) < 4.78 is 1.77. The first-order valence-corrected chi connectivity index (χ1v) is 11.3. The molecule has 1 aromatic carbocycles. The minimum Gasteiger partial charge on any atom is -0.369 e. The molecule has 148 valence electrons. The van der Waals surface area contributed by atoms with Gasteiger partial charge in [0.05, 0.1) is 11.1 Å². The molecule has 0 saturated carbocycles. The van der Waals surface area contributed by atoms with Crippen molar-refractivity contribution in [1.29, 1.82) is 0 Å². The lowest BCUT2D eigenvalue weighted by Gasteiger charge is -2.10. The van der Waals surface area contributed by atoms with Crippen molar-refractivity contribution in [2.75, 3.05) is 16.8 Å². The maximum absolute atomic E-state index is 12.4. The first-order valence-electron chi connectivity index (χ1n) is 9.54. The topological polar surface area (TPSA) is 98.2 Å². The Morgan fingerprint density at radius 2 is 2.17 bits per heavy atom. The molecule has 4 aromatic rings. The number of thiophene rings is 1. The summed E-state index contributed by atoms with van der Waals surface area (Å²) in [6.45, 7) is 1.99. The normalized spacial score (nSPS) is 13.7. The fraction of sp³-hybridized carbons (Fsp3) is 0.300. The van der Waals surface area contributed by atoms with E-state index in [0.29, 0.717) is 11.1 Å². The molecule has 0 fully saturated rings. The molecule has 3 N–H and O–H groups in total. The number of fused-ring (bicyclic) bond motifs is 5. The number of benzene rings is 1. The lowest BCUT2D eigenvalue weighted by atomic mass is 9.97. The van der Waals surface area contributed by atoms with E-state index in [1.54, 1.807) is 15.7 Å². The molecule has 0 atom stereocenters. The maximum atomic E-state index is 12.4. The molecule has 5 rings (SSSR count). The number of amides is 1. The summed E-state index contributed by atoms with van der Waals surface area (Å²) in [4.78, 5) is 19.3. The van der Waals surface area contributed by atoms with E-state index in [-0.39, 0.29) is 11.7 Å². The van der Waals surface area contributed by atoms with E-state index in [4.69, 9.17) is 5.73 Å². The van der Waals surface area contributed by atoms with Crippen LogP contribution in [0.3, 0.4) is 0 Å². The van der Waals surface area contributed by atoms with Crippen LogP contribution >= 0.6 is 23.1 Å². The van der Waals surface area contributed by atoms with E-state index >= 15 is 0 Å². The first-order chi connectivity index (χ1) is 14.1. The van der Waals surface area contributed by atoms with Crippen LogP contribution in [0.5, 0.6) is 0 Å². The highest BCUT2D eigenvalue weighted by molar-refractivity contribution is 7.99. The Morgan fingerprint density at radius 3 is 3.03 bits per heavy atom. The standard InChI is InChI=1S/C20H20N6OS2/c1-11-5-4-6-12(9-11)22-15(27)10-28-20-25-24-17-16-13-7-2-3-8-14(13)29-18(16)23-19(21)26(17)20/h4-6,9H,2-3,7-8,10H2,1H3,(H2,21,23)(H,22,27). The van der Waals surface area contributed by atoms with Crippen LogP contribution < -0.4 is 11.1 Å². The molecule has 1 aliphatic rings. The number of carbonyl (C=O) groups is 1.